The van der Waals surface area contributed by atoms with Gasteiger partial charge in [0.25, 0.3) is 5.91 Å². The molecule has 39 heavy (non-hydrogen) atoms. The highest BCUT2D eigenvalue weighted by atomic mass is 35.5. The minimum absolute atomic E-state index is 0.226. The van der Waals surface area contributed by atoms with E-state index in [0.29, 0.717) is 27.6 Å². The third-order valence-electron chi connectivity index (χ3n) is 5.26. The number of aromatic nitrogens is 1. The van der Waals surface area contributed by atoms with Crippen molar-refractivity contribution in [1.29, 1.82) is 0 Å². The Balaban J connectivity index is 1.32. The Bertz CT molecular complexity index is 1460. The van der Waals surface area contributed by atoms with Gasteiger partial charge in [-0.15, -0.1) is 11.3 Å². The third-order valence-corrected chi connectivity index (χ3v) is 6.27. The van der Waals surface area contributed by atoms with Crippen molar-refractivity contribution in [2.75, 3.05) is 25.6 Å². The lowest BCUT2D eigenvalue weighted by Crippen LogP contribution is -2.17. The molecule has 0 aliphatic rings. The second kappa shape index (κ2) is 13.4. The van der Waals surface area contributed by atoms with Crippen LogP contribution in [0.2, 0.25) is 5.02 Å². The first kappa shape index (κ1) is 27.6. The number of thiazole rings is 1. The standard InChI is InChI=1S/C28H25ClN4O5S/c1-3-37-26(34)16-38-24-13-4-18(14-25(24)36-2)15-30-33-27(35)20-7-5-19(6-8-20)23-17-39-28(32-23)31-22-11-9-21(29)10-12-22/h4-15,17H,3,16H2,1-2H3,(H,31,32)(H,33,35)/b30-15-. The number of ether oxygens (including phenoxy) is 3. The molecule has 0 aliphatic heterocycles. The fourth-order valence-corrected chi connectivity index (χ4v) is 4.23. The molecule has 0 fully saturated rings. The van der Waals surface area contributed by atoms with E-state index in [2.05, 4.69) is 20.8 Å². The molecule has 0 bridgehead atoms. The van der Waals surface area contributed by atoms with Gasteiger partial charge in [0, 0.05) is 27.2 Å². The largest absolute Gasteiger partial charge is 0.493 e. The number of nitrogens with zero attached hydrogens (tertiary/aromatic N) is 2. The molecule has 0 atom stereocenters. The number of nitrogens with one attached hydrogen (secondary N) is 2. The summed E-state index contributed by atoms with van der Waals surface area (Å²) in [5.74, 6) is -0.0236. The average Bonchev–Trinajstić information content (AvgIpc) is 3.42. The van der Waals surface area contributed by atoms with Crippen LogP contribution in [0.3, 0.4) is 0 Å². The molecule has 1 heterocycles. The molecule has 0 saturated carbocycles. The molecule has 2 N–H and O–H groups in total. The Hall–Kier alpha value is -4.41. The van der Waals surface area contributed by atoms with Crippen molar-refractivity contribution in [1.82, 2.24) is 10.4 Å². The molecule has 4 rings (SSSR count). The molecule has 4 aromatic rings. The van der Waals surface area contributed by atoms with Crippen molar-refractivity contribution in [3.05, 3.63) is 88.3 Å². The van der Waals surface area contributed by atoms with Crippen LogP contribution in [-0.2, 0) is 9.53 Å². The predicted molar refractivity (Wildman–Crippen MR) is 152 cm³/mol. The smallest absolute Gasteiger partial charge is 0.344 e. The first-order chi connectivity index (χ1) is 18.9. The maximum absolute atomic E-state index is 12.5. The number of hydrogen-bond donors (Lipinski definition) is 2. The second-order valence-corrected chi connectivity index (χ2v) is 9.24. The van der Waals surface area contributed by atoms with Crippen molar-refractivity contribution in [2.24, 2.45) is 5.10 Å². The number of hydrazone groups is 1. The molecule has 3 aromatic carbocycles. The number of benzene rings is 3. The number of esters is 1. The molecule has 11 heteroatoms. The lowest BCUT2D eigenvalue weighted by Gasteiger charge is -2.10. The van der Waals surface area contributed by atoms with Gasteiger partial charge < -0.3 is 19.5 Å². The van der Waals surface area contributed by atoms with Crippen molar-refractivity contribution in [3.63, 3.8) is 0 Å². The van der Waals surface area contributed by atoms with Crippen LogP contribution >= 0.6 is 22.9 Å². The van der Waals surface area contributed by atoms with Gasteiger partial charge in [-0.1, -0.05) is 23.7 Å². The second-order valence-electron chi connectivity index (χ2n) is 7.95. The monoisotopic (exact) mass is 564 g/mol. The zero-order valence-corrected chi connectivity index (χ0v) is 22.7. The van der Waals surface area contributed by atoms with E-state index >= 15 is 0 Å². The number of rotatable bonds is 11. The van der Waals surface area contributed by atoms with E-state index in [1.807, 2.05) is 41.8 Å². The molecule has 0 spiro atoms. The van der Waals surface area contributed by atoms with Gasteiger partial charge in [0.15, 0.2) is 23.2 Å². The Morgan fingerprint density at radius 2 is 1.82 bits per heavy atom. The van der Waals surface area contributed by atoms with Crippen molar-refractivity contribution in [3.8, 4) is 22.8 Å². The van der Waals surface area contributed by atoms with Gasteiger partial charge >= 0.3 is 5.97 Å². The molecule has 1 amide bonds. The van der Waals surface area contributed by atoms with Gasteiger partial charge in [-0.25, -0.2) is 15.2 Å². The highest BCUT2D eigenvalue weighted by molar-refractivity contribution is 7.14. The highest BCUT2D eigenvalue weighted by Crippen LogP contribution is 2.29. The van der Waals surface area contributed by atoms with Crippen LogP contribution in [0.25, 0.3) is 11.3 Å². The number of amides is 1. The highest BCUT2D eigenvalue weighted by Gasteiger charge is 2.10. The summed E-state index contributed by atoms with van der Waals surface area (Å²) in [4.78, 5) is 28.7. The summed E-state index contributed by atoms with van der Waals surface area (Å²) < 4.78 is 15.6. The van der Waals surface area contributed by atoms with Gasteiger partial charge in [0.1, 0.15) is 0 Å². The summed E-state index contributed by atoms with van der Waals surface area (Å²) in [7, 11) is 1.49. The number of hydrogen-bond acceptors (Lipinski definition) is 9. The van der Waals surface area contributed by atoms with E-state index in [0.717, 1.165) is 22.1 Å². The number of methoxy groups -OCH3 is 1. The molecule has 200 valence electrons. The molecule has 0 unspecified atom stereocenters. The predicted octanol–water partition coefficient (Wildman–Crippen LogP) is 5.92. The molecular weight excluding hydrogens is 540 g/mol. The van der Waals surface area contributed by atoms with Crippen molar-refractivity contribution >= 4 is 51.8 Å². The maximum atomic E-state index is 12.5. The van der Waals surface area contributed by atoms with Crippen LogP contribution < -0.4 is 20.2 Å². The third kappa shape index (κ3) is 7.79. The Morgan fingerprint density at radius 1 is 1.05 bits per heavy atom. The fourth-order valence-electron chi connectivity index (χ4n) is 3.37. The van der Waals surface area contributed by atoms with Crippen molar-refractivity contribution < 1.29 is 23.8 Å². The summed E-state index contributed by atoms with van der Waals surface area (Å²) in [6, 6.07) is 19.5. The topological polar surface area (TPSA) is 111 Å². The molecule has 1 aromatic heterocycles. The van der Waals surface area contributed by atoms with Crippen LogP contribution in [0.15, 0.2) is 77.2 Å². The van der Waals surface area contributed by atoms with E-state index in [-0.39, 0.29) is 19.1 Å². The van der Waals surface area contributed by atoms with Crippen LogP contribution in [0.5, 0.6) is 11.5 Å². The van der Waals surface area contributed by atoms with Gasteiger partial charge in [-0.05, 0) is 67.1 Å². The minimum Gasteiger partial charge on any atom is -0.493 e. The van der Waals surface area contributed by atoms with E-state index < -0.39 is 5.97 Å². The summed E-state index contributed by atoms with van der Waals surface area (Å²) >= 11 is 7.41. The van der Waals surface area contributed by atoms with Crippen LogP contribution in [0, 0.1) is 0 Å². The number of carbonyl (C=O) groups is 2. The zero-order valence-electron chi connectivity index (χ0n) is 21.1. The van der Waals surface area contributed by atoms with Gasteiger partial charge in [-0.3, -0.25) is 4.79 Å². The Labute approximate surface area is 234 Å². The minimum atomic E-state index is -0.469. The Kier molecular flexibility index (Phi) is 9.49. The zero-order chi connectivity index (χ0) is 27.6. The van der Waals surface area contributed by atoms with Gasteiger partial charge in [0.2, 0.25) is 0 Å². The maximum Gasteiger partial charge on any atom is 0.344 e. The molecule has 9 nitrogen and oxygen atoms in total. The lowest BCUT2D eigenvalue weighted by atomic mass is 10.1. The summed E-state index contributed by atoms with van der Waals surface area (Å²) in [5.41, 5.74) is 6.20. The van der Waals surface area contributed by atoms with Crippen LogP contribution in [-0.4, -0.2) is 43.4 Å². The molecule has 0 aliphatic carbocycles. The summed E-state index contributed by atoms with van der Waals surface area (Å²) in [6.07, 6.45) is 1.48. The number of carbonyl (C=O) groups excluding carboxylic acids is 2. The fraction of sp³-hybridized carbons (Fsp3) is 0.143. The SMILES string of the molecule is CCOC(=O)COc1ccc(/C=N\NC(=O)c2ccc(-c3csc(Nc4ccc(Cl)cc4)n3)cc2)cc1OC. The van der Waals surface area contributed by atoms with Gasteiger partial charge in [0.05, 0.1) is 25.6 Å². The van der Waals surface area contributed by atoms with E-state index in [1.54, 1.807) is 37.3 Å². The first-order valence-corrected chi connectivity index (χ1v) is 13.1. The van der Waals surface area contributed by atoms with E-state index in [1.165, 1.54) is 24.7 Å². The Morgan fingerprint density at radius 3 is 2.54 bits per heavy atom. The molecule has 0 saturated heterocycles. The quantitative estimate of drug-likeness (QED) is 0.132. The average molecular weight is 565 g/mol. The number of halogens is 1. The van der Waals surface area contributed by atoms with Crippen LogP contribution in [0.4, 0.5) is 10.8 Å². The number of anilines is 2. The summed E-state index contributed by atoms with van der Waals surface area (Å²) in [5, 5.41) is 10.6. The van der Waals surface area contributed by atoms with Gasteiger partial charge in [-0.2, -0.15) is 5.10 Å². The molecule has 0 radical (unpaired) electrons. The first-order valence-electron chi connectivity index (χ1n) is 11.8. The van der Waals surface area contributed by atoms with Crippen molar-refractivity contribution in [2.45, 2.75) is 6.92 Å². The van der Waals surface area contributed by atoms with Crippen LogP contribution in [0.1, 0.15) is 22.8 Å². The summed E-state index contributed by atoms with van der Waals surface area (Å²) in [6.45, 7) is 1.78. The lowest BCUT2D eigenvalue weighted by molar-refractivity contribution is -0.145. The molecular formula is C28H25ClN4O5S. The van der Waals surface area contributed by atoms with E-state index in [4.69, 9.17) is 25.8 Å². The normalized spacial score (nSPS) is 10.7. The van der Waals surface area contributed by atoms with E-state index in [9.17, 15) is 9.59 Å².